The summed E-state index contributed by atoms with van der Waals surface area (Å²) in [4.78, 5) is 24.9. The lowest BCUT2D eigenvalue weighted by Crippen LogP contribution is -2.22. The highest BCUT2D eigenvalue weighted by atomic mass is 32.2. The average Bonchev–Trinajstić information content (AvgIpc) is 3.08. The van der Waals surface area contributed by atoms with Crippen LogP contribution in [0.15, 0.2) is 17.2 Å². The molecule has 2 aromatic rings. The Hall–Kier alpha value is -1.61. The largest absolute Gasteiger partial charge is 0.310 e. The molecule has 0 radical (unpaired) electrons. The fourth-order valence-corrected chi connectivity index (χ4v) is 5.47. The van der Waals surface area contributed by atoms with Gasteiger partial charge in [-0.3, -0.25) is 24.1 Å². The van der Waals surface area contributed by atoms with E-state index in [2.05, 4.69) is 15.5 Å². The van der Waals surface area contributed by atoms with Crippen LogP contribution in [0.25, 0.3) is 0 Å². The molecule has 2 aliphatic heterocycles. The molecular formula is C15H19N5O2S2. The lowest BCUT2D eigenvalue weighted by atomic mass is 10.1. The lowest BCUT2D eigenvalue weighted by Gasteiger charge is -2.24. The molecule has 0 aromatic carbocycles. The van der Waals surface area contributed by atoms with Crippen LogP contribution in [0, 0.1) is 0 Å². The number of nitrogens with one attached hydrogen (secondary N) is 2. The van der Waals surface area contributed by atoms with Gasteiger partial charge < -0.3 is 5.32 Å². The van der Waals surface area contributed by atoms with Crippen molar-refractivity contribution in [1.82, 2.24) is 19.6 Å². The van der Waals surface area contributed by atoms with Gasteiger partial charge in [0.05, 0.1) is 28.8 Å². The lowest BCUT2D eigenvalue weighted by molar-refractivity contribution is -0.113. The summed E-state index contributed by atoms with van der Waals surface area (Å²) in [5.74, 6) is 3.06. The first-order chi connectivity index (χ1) is 11.6. The molecule has 4 heterocycles. The van der Waals surface area contributed by atoms with Crippen LogP contribution >= 0.6 is 23.5 Å². The first kappa shape index (κ1) is 15.9. The maximum absolute atomic E-state index is 12.7. The molecule has 24 heavy (non-hydrogen) atoms. The maximum Gasteiger partial charge on any atom is 0.270 e. The summed E-state index contributed by atoms with van der Waals surface area (Å²) in [6.45, 7) is 0. The number of rotatable bonds is 2. The van der Waals surface area contributed by atoms with Gasteiger partial charge in [-0.05, 0) is 24.3 Å². The number of carbonyl (C=O) groups excluding carboxylic acids is 1. The van der Waals surface area contributed by atoms with E-state index in [1.165, 1.54) is 11.8 Å². The quantitative estimate of drug-likeness (QED) is 0.847. The molecule has 2 N–H and O–H groups in total. The van der Waals surface area contributed by atoms with Crippen LogP contribution in [-0.2, 0) is 11.8 Å². The molecule has 1 fully saturated rings. The molecule has 0 saturated carbocycles. The Morgan fingerprint density at radius 1 is 1.29 bits per heavy atom. The Labute approximate surface area is 147 Å². The van der Waals surface area contributed by atoms with E-state index in [4.69, 9.17) is 0 Å². The molecule has 2 aromatic heterocycles. The smallest absolute Gasteiger partial charge is 0.270 e. The Morgan fingerprint density at radius 2 is 2.08 bits per heavy atom. The molecule has 0 bridgehead atoms. The van der Waals surface area contributed by atoms with Crippen molar-refractivity contribution in [3.8, 4) is 0 Å². The van der Waals surface area contributed by atoms with Crippen molar-refractivity contribution in [2.75, 3.05) is 22.6 Å². The Bertz CT molecular complexity index is 818. The summed E-state index contributed by atoms with van der Waals surface area (Å²) in [7, 11) is 1.85. The number of anilines is 1. The van der Waals surface area contributed by atoms with Crippen molar-refractivity contribution in [3.63, 3.8) is 0 Å². The molecule has 1 saturated heterocycles. The number of thioether (sulfide) groups is 2. The summed E-state index contributed by atoms with van der Waals surface area (Å²) in [6, 6.07) is 0.237. The minimum absolute atomic E-state index is 0.0643. The number of aromatic nitrogens is 4. The normalized spacial score (nSPS) is 22.0. The van der Waals surface area contributed by atoms with E-state index in [1.54, 1.807) is 10.9 Å². The third kappa shape index (κ3) is 2.79. The number of hydrogen-bond acceptors (Lipinski definition) is 5. The topological polar surface area (TPSA) is 84.7 Å². The fourth-order valence-electron chi connectivity index (χ4n) is 3.30. The van der Waals surface area contributed by atoms with Crippen LogP contribution in [0.5, 0.6) is 0 Å². The summed E-state index contributed by atoms with van der Waals surface area (Å²) in [6.07, 6.45) is 5.68. The Kier molecular flexibility index (Phi) is 4.21. The standard InChI is InChI=1S/C15H19N5O2S2/c1-19-7-9(6-16-19)13-12-14(17-11(21)8-24-13)20(18-15(12)22)10-2-4-23-5-3-10/h6-7,10,13H,2-5,8H2,1H3,(H,17,21)(H,18,22)/t13-/m0/s1. The maximum atomic E-state index is 12.7. The van der Waals surface area contributed by atoms with E-state index in [9.17, 15) is 9.59 Å². The number of aromatic amines is 1. The molecule has 7 nitrogen and oxygen atoms in total. The van der Waals surface area contributed by atoms with Crippen LogP contribution in [-0.4, -0.2) is 42.7 Å². The molecule has 0 unspecified atom stereocenters. The second-order valence-electron chi connectivity index (χ2n) is 6.10. The summed E-state index contributed by atoms with van der Waals surface area (Å²) < 4.78 is 3.61. The van der Waals surface area contributed by atoms with Crippen molar-refractivity contribution in [1.29, 1.82) is 0 Å². The van der Waals surface area contributed by atoms with Crippen molar-refractivity contribution >= 4 is 35.2 Å². The monoisotopic (exact) mass is 365 g/mol. The van der Waals surface area contributed by atoms with Crippen molar-refractivity contribution in [2.45, 2.75) is 24.1 Å². The SMILES string of the molecule is Cn1cc([C@@H]2SCC(=O)Nc3c2c(=O)[nH]n3C2CCSCC2)cn1. The second-order valence-corrected chi connectivity index (χ2v) is 8.42. The number of H-pyrrole nitrogens is 1. The van der Waals surface area contributed by atoms with Gasteiger partial charge in [0.25, 0.3) is 5.56 Å². The molecular weight excluding hydrogens is 346 g/mol. The zero-order valence-electron chi connectivity index (χ0n) is 13.3. The predicted octanol–water partition coefficient (Wildman–Crippen LogP) is 1.75. The number of fused-ring (bicyclic) bond motifs is 1. The summed E-state index contributed by atoms with van der Waals surface area (Å²) in [5, 5.41) is 9.96. The van der Waals surface area contributed by atoms with E-state index in [0.717, 1.165) is 29.9 Å². The van der Waals surface area contributed by atoms with Crippen LogP contribution < -0.4 is 10.9 Å². The van der Waals surface area contributed by atoms with Gasteiger partial charge in [-0.2, -0.15) is 16.9 Å². The highest BCUT2D eigenvalue weighted by molar-refractivity contribution is 8.00. The van der Waals surface area contributed by atoms with Gasteiger partial charge >= 0.3 is 0 Å². The highest BCUT2D eigenvalue weighted by Gasteiger charge is 2.33. The van der Waals surface area contributed by atoms with Gasteiger partial charge in [0.2, 0.25) is 5.91 Å². The van der Waals surface area contributed by atoms with Gasteiger partial charge in [-0.15, -0.1) is 11.8 Å². The van der Waals surface area contributed by atoms with E-state index in [1.807, 2.05) is 29.7 Å². The van der Waals surface area contributed by atoms with E-state index in [0.29, 0.717) is 17.1 Å². The van der Waals surface area contributed by atoms with Crippen LogP contribution in [0.3, 0.4) is 0 Å². The average molecular weight is 365 g/mol. The van der Waals surface area contributed by atoms with Gasteiger partial charge in [-0.1, -0.05) is 0 Å². The van der Waals surface area contributed by atoms with Crippen molar-refractivity contribution in [3.05, 3.63) is 33.9 Å². The van der Waals surface area contributed by atoms with E-state index < -0.39 is 0 Å². The predicted molar refractivity (Wildman–Crippen MR) is 96.8 cm³/mol. The third-order valence-corrected chi connectivity index (χ3v) is 6.77. The van der Waals surface area contributed by atoms with Gasteiger partial charge in [0.1, 0.15) is 5.82 Å². The van der Waals surface area contributed by atoms with Gasteiger partial charge in [-0.25, -0.2) is 0 Å². The second kappa shape index (κ2) is 6.36. The molecule has 1 amide bonds. The Morgan fingerprint density at radius 3 is 2.79 bits per heavy atom. The number of carbonyl (C=O) groups is 1. The number of aryl methyl sites for hydroxylation is 1. The highest BCUT2D eigenvalue weighted by Crippen LogP contribution is 2.41. The molecule has 4 rings (SSSR count). The third-order valence-electron chi connectivity index (χ3n) is 4.45. The zero-order valence-corrected chi connectivity index (χ0v) is 15.0. The number of amides is 1. The summed E-state index contributed by atoms with van der Waals surface area (Å²) in [5.41, 5.74) is 1.46. The molecule has 0 aliphatic carbocycles. The molecule has 2 aliphatic rings. The Balaban J connectivity index is 1.81. The van der Waals surface area contributed by atoms with Crippen molar-refractivity contribution in [2.24, 2.45) is 7.05 Å². The van der Waals surface area contributed by atoms with Crippen LogP contribution in [0.2, 0.25) is 0 Å². The molecule has 1 atom stereocenters. The van der Waals surface area contributed by atoms with Crippen molar-refractivity contribution < 1.29 is 4.79 Å². The summed E-state index contributed by atoms with van der Waals surface area (Å²) >= 11 is 3.41. The molecule has 9 heteroatoms. The first-order valence-corrected chi connectivity index (χ1v) is 10.2. The number of nitrogens with zero attached hydrogens (tertiary/aromatic N) is 3. The number of hydrogen-bond donors (Lipinski definition) is 2. The fraction of sp³-hybridized carbons (Fsp3) is 0.533. The van der Waals surface area contributed by atoms with E-state index >= 15 is 0 Å². The minimum atomic E-state index is -0.185. The van der Waals surface area contributed by atoms with Crippen LogP contribution in [0.1, 0.15) is 35.3 Å². The van der Waals surface area contributed by atoms with Gasteiger partial charge in [0, 0.05) is 18.8 Å². The first-order valence-electron chi connectivity index (χ1n) is 7.95. The molecule has 0 spiro atoms. The molecule has 128 valence electrons. The van der Waals surface area contributed by atoms with E-state index in [-0.39, 0.29) is 22.8 Å². The van der Waals surface area contributed by atoms with Gasteiger partial charge in [0.15, 0.2) is 0 Å². The van der Waals surface area contributed by atoms with Crippen LogP contribution in [0.4, 0.5) is 5.82 Å². The minimum Gasteiger partial charge on any atom is -0.310 e. The zero-order chi connectivity index (χ0) is 16.7.